The van der Waals surface area contributed by atoms with E-state index in [9.17, 15) is 9.59 Å². The molecular formula is C31H35BrCl2N2O3. The van der Waals surface area contributed by atoms with Crippen molar-refractivity contribution in [3.05, 3.63) is 97.9 Å². The fraction of sp³-hybridized carbons (Fsp3) is 0.355. The largest absolute Gasteiger partial charge is 0.483 e. The van der Waals surface area contributed by atoms with Gasteiger partial charge in [-0.2, -0.15) is 0 Å². The Bertz CT molecular complexity index is 1270. The predicted octanol–water partition coefficient (Wildman–Crippen LogP) is 7.81. The van der Waals surface area contributed by atoms with E-state index in [4.69, 9.17) is 27.9 Å². The summed E-state index contributed by atoms with van der Waals surface area (Å²) in [6.07, 6.45) is 0.309. The van der Waals surface area contributed by atoms with Crippen molar-refractivity contribution in [2.24, 2.45) is 0 Å². The van der Waals surface area contributed by atoms with Gasteiger partial charge in [0.05, 0.1) is 4.47 Å². The molecular weight excluding hydrogens is 599 g/mol. The average Bonchev–Trinajstić information content (AvgIpc) is 2.86. The minimum Gasteiger partial charge on any atom is -0.483 e. The van der Waals surface area contributed by atoms with Crippen LogP contribution in [0.5, 0.6) is 5.75 Å². The summed E-state index contributed by atoms with van der Waals surface area (Å²) in [5.41, 5.74) is 2.14. The minimum absolute atomic E-state index is 0.0449. The van der Waals surface area contributed by atoms with Gasteiger partial charge in [-0.05, 0) is 78.0 Å². The van der Waals surface area contributed by atoms with Gasteiger partial charge in [0.15, 0.2) is 6.61 Å². The maximum absolute atomic E-state index is 13.9. The first kappa shape index (κ1) is 31.0. The molecule has 1 N–H and O–H groups in total. The van der Waals surface area contributed by atoms with E-state index in [0.29, 0.717) is 33.7 Å². The van der Waals surface area contributed by atoms with Crippen molar-refractivity contribution in [3.8, 4) is 5.75 Å². The summed E-state index contributed by atoms with van der Waals surface area (Å²) in [5, 5.41) is 3.88. The summed E-state index contributed by atoms with van der Waals surface area (Å²) < 4.78 is 6.72. The second-order valence-corrected chi connectivity index (χ2v) is 12.5. The normalized spacial score (nSPS) is 12.2. The average molecular weight is 634 g/mol. The number of hydrogen-bond donors (Lipinski definition) is 1. The topological polar surface area (TPSA) is 58.6 Å². The van der Waals surface area contributed by atoms with Gasteiger partial charge in [-0.25, -0.2) is 0 Å². The fourth-order valence-electron chi connectivity index (χ4n) is 4.08. The molecule has 0 bridgehead atoms. The zero-order chi connectivity index (χ0) is 28.7. The first-order chi connectivity index (χ1) is 18.4. The van der Waals surface area contributed by atoms with Crippen molar-refractivity contribution in [1.82, 2.24) is 10.2 Å². The maximum atomic E-state index is 13.9. The molecule has 1 atom stereocenters. The van der Waals surface area contributed by atoms with E-state index < -0.39 is 11.6 Å². The second-order valence-electron chi connectivity index (χ2n) is 10.8. The van der Waals surface area contributed by atoms with E-state index in [1.54, 1.807) is 18.2 Å². The molecule has 0 heterocycles. The Hall–Kier alpha value is -2.54. The lowest BCUT2D eigenvalue weighted by molar-refractivity contribution is -0.143. The zero-order valence-corrected chi connectivity index (χ0v) is 26.0. The Morgan fingerprint density at radius 3 is 2.18 bits per heavy atom. The highest BCUT2D eigenvalue weighted by Gasteiger charge is 2.33. The van der Waals surface area contributed by atoms with Crippen LogP contribution in [0, 0.1) is 0 Å². The highest BCUT2D eigenvalue weighted by molar-refractivity contribution is 9.10. The van der Waals surface area contributed by atoms with E-state index in [1.807, 2.05) is 69.3 Å². The van der Waals surface area contributed by atoms with Gasteiger partial charge in [-0.15, -0.1) is 0 Å². The number of rotatable bonds is 10. The van der Waals surface area contributed by atoms with Crippen LogP contribution in [0.2, 0.25) is 10.0 Å². The number of ether oxygens (including phenoxy) is 1. The lowest BCUT2D eigenvalue weighted by Crippen LogP contribution is -2.55. The fourth-order valence-corrected chi connectivity index (χ4v) is 5.10. The molecule has 8 heteroatoms. The highest BCUT2D eigenvalue weighted by Crippen LogP contribution is 2.30. The number of nitrogens with one attached hydrogen (secondary N) is 1. The summed E-state index contributed by atoms with van der Waals surface area (Å²) in [6, 6.07) is 19.8. The summed E-state index contributed by atoms with van der Waals surface area (Å²) in [4.78, 5) is 29.0. The molecule has 3 aromatic carbocycles. The van der Waals surface area contributed by atoms with Crippen LogP contribution in [0.15, 0.2) is 71.2 Å². The molecule has 0 spiro atoms. The van der Waals surface area contributed by atoms with Gasteiger partial charge in [-0.3, -0.25) is 9.59 Å². The van der Waals surface area contributed by atoms with E-state index in [0.717, 1.165) is 15.6 Å². The van der Waals surface area contributed by atoms with Gasteiger partial charge in [0.25, 0.3) is 5.91 Å². The molecule has 39 heavy (non-hydrogen) atoms. The molecule has 3 aromatic rings. The number of benzene rings is 3. The molecule has 0 radical (unpaired) electrons. The van der Waals surface area contributed by atoms with Gasteiger partial charge in [0.1, 0.15) is 11.8 Å². The van der Waals surface area contributed by atoms with Gasteiger partial charge in [0, 0.05) is 34.1 Å². The second kappa shape index (κ2) is 13.7. The number of hydrogen-bond acceptors (Lipinski definition) is 3. The number of carbonyl (C=O) groups is 2. The lowest BCUT2D eigenvalue weighted by atomic mass is 10.0. The third-order valence-corrected chi connectivity index (χ3v) is 7.46. The molecule has 1 unspecified atom stereocenters. The zero-order valence-electron chi connectivity index (χ0n) is 22.9. The standard InChI is InChI=1S/C31H35BrCl2N2O3/c1-20(2)22-14-15-28(24(32)17-22)39-19-29(37)36(18-23-25(33)12-9-13-26(23)34)27(30(38)35-31(3,4)5)16-21-10-7-6-8-11-21/h6-15,17,20,27H,16,18-19H2,1-5H3,(H,35,38). The molecule has 0 saturated carbocycles. The van der Waals surface area contributed by atoms with Crippen LogP contribution in [0.1, 0.15) is 57.2 Å². The molecule has 0 aromatic heterocycles. The third kappa shape index (κ3) is 8.99. The molecule has 0 saturated heterocycles. The van der Waals surface area contributed by atoms with Gasteiger partial charge >= 0.3 is 0 Å². The van der Waals surface area contributed by atoms with Crippen molar-refractivity contribution in [3.63, 3.8) is 0 Å². The van der Waals surface area contributed by atoms with Gasteiger partial charge in [0.2, 0.25) is 5.91 Å². The Kier molecular flexibility index (Phi) is 10.9. The lowest BCUT2D eigenvalue weighted by Gasteiger charge is -2.34. The molecule has 5 nitrogen and oxygen atoms in total. The SMILES string of the molecule is CC(C)c1ccc(OCC(=O)N(Cc2c(Cl)cccc2Cl)C(Cc2ccccc2)C(=O)NC(C)(C)C)c(Br)c1. The van der Waals surface area contributed by atoms with Crippen LogP contribution in [0.3, 0.4) is 0 Å². The van der Waals surface area contributed by atoms with Crippen LogP contribution >= 0.6 is 39.1 Å². The quantitative estimate of drug-likeness (QED) is 0.248. The molecule has 2 amide bonds. The number of halogens is 3. The van der Waals surface area contributed by atoms with Crippen molar-refractivity contribution in [2.75, 3.05) is 6.61 Å². The first-order valence-corrected chi connectivity index (χ1v) is 14.4. The summed E-state index contributed by atoms with van der Waals surface area (Å²) in [7, 11) is 0. The third-order valence-electron chi connectivity index (χ3n) is 6.13. The number of amides is 2. The monoisotopic (exact) mass is 632 g/mol. The summed E-state index contributed by atoms with van der Waals surface area (Å²) >= 11 is 16.6. The molecule has 0 fully saturated rings. The maximum Gasteiger partial charge on any atom is 0.261 e. The van der Waals surface area contributed by atoms with Crippen LogP contribution in [0.25, 0.3) is 0 Å². The molecule has 0 aliphatic rings. The van der Waals surface area contributed by atoms with Crippen molar-refractivity contribution in [1.29, 1.82) is 0 Å². The van der Waals surface area contributed by atoms with Crippen LogP contribution in [-0.2, 0) is 22.6 Å². The summed E-state index contributed by atoms with van der Waals surface area (Å²) in [6.45, 7) is 9.71. The Labute approximate surface area is 250 Å². The highest BCUT2D eigenvalue weighted by atomic mass is 79.9. The van der Waals surface area contributed by atoms with Crippen LogP contribution < -0.4 is 10.1 Å². The van der Waals surface area contributed by atoms with Gasteiger partial charge in [-0.1, -0.05) is 79.5 Å². The minimum atomic E-state index is -0.832. The van der Waals surface area contributed by atoms with E-state index in [1.165, 1.54) is 4.90 Å². The Morgan fingerprint density at radius 2 is 1.62 bits per heavy atom. The number of nitrogens with zero attached hydrogens (tertiary/aromatic N) is 1. The smallest absolute Gasteiger partial charge is 0.261 e. The van der Waals surface area contributed by atoms with Crippen LogP contribution in [-0.4, -0.2) is 34.9 Å². The van der Waals surface area contributed by atoms with E-state index >= 15 is 0 Å². The Morgan fingerprint density at radius 1 is 0.974 bits per heavy atom. The van der Waals surface area contributed by atoms with Crippen molar-refractivity contribution in [2.45, 2.75) is 65.1 Å². The summed E-state index contributed by atoms with van der Waals surface area (Å²) in [5.74, 6) is 0.260. The molecule has 208 valence electrons. The van der Waals surface area contributed by atoms with Crippen molar-refractivity contribution >= 4 is 50.9 Å². The number of carbonyl (C=O) groups excluding carboxylic acids is 2. The van der Waals surface area contributed by atoms with Gasteiger partial charge < -0.3 is 15.0 Å². The molecule has 0 aliphatic carbocycles. The Balaban J connectivity index is 1.98. The molecule has 3 rings (SSSR count). The van der Waals surface area contributed by atoms with Crippen LogP contribution in [0.4, 0.5) is 0 Å². The van der Waals surface area contributed by atoms with E-state index in [2.05, 4.69) is 35.1 Å². The predicted molar refractivity (Wildman–Crippen MR) is 163 cm³/mol. The first-order valence-electron chi connectivity index (χ1n) is 12.9. The van der Waals surface area contributed by atoms with Crippen molar-refractivity contribution < 1.29 is 14.3 Å². The molecule has 0 aliphatic heterocycles. The van der Waals surface area contributed by atoms with E-state index in [-0.39, 0.29) is 25.0 Å².